The predicted molar refractivity (Wildman–Crippen MR) is 156 cm³/mol. The summed E-state index contributed by atoms with van der Waals surface area (Å²) in [7, 11) is 0. The van der Waals surface area contributed by atoms with E-state index in [4.69, 9.17) is 9.47 Å². The summed E-state index contributed by atoms with van der Waals surface area (Å²) in [4.78, 5) is 42.4. The quantitative estimate of drug-likeness (QED) is 0.242. The number of alkyl halides is 3. The van der Waals surface area contributed by atoms with Gasteiger partial charge < -0.3 is 30.3 Å². The molecule has 3 aromatic carbocycles. The number of nitrogens with zero attached hydrogens (tertiary/aromatic N) is 1. The third-order valence-electron chi connectivity index (χ3n) is 6.86. The predicted octanol–water partition coefficient (Wildman–Crippen LogP) is 5.81. The minimum absolute atomic E-state index is 0.0128. The van der Waals surface area contributed by atoms with Crippen molar-refractivity contribution in [2.24, 2.45) is 0 Å². The van der Waals surface area contributed by atoms with Crippen LogP contribution in [0.25, 0.3) is 0 Å². The Morgan fingerprint density at radius 3 is 2.07 bits per heavy atom. The maximum atomic E-state index is 14.3. The van der Waals surface area contributed by atoms with Gasteiger partial charge in [-0.1, -0.05) is 35.9 Å². The Labute approximate surface area is 247 Å². The SMILES string of the molecule is CCOC(CN1C(=O)C(CC(=O)Nc2ccc(C(F)(F)F)cc2)(NC(=O)Nc2ccc(C)cc2)c2ccccc21)OCC. The molecule has 1 heterocycles. The lowest BCUT2D eigenvalue weighted by Crippen LogP contribution is -2.56. The van der Waals surface area contributed by atoms with Gasteiger partial charge in [-0.15, -0.1) is 0 Å². The van der Waals surface area contributed by atoms with Crippen molar-refractivity contribution >= 4 is 34.9 Å². The van der Waals surface area contributed by atoms with E-state index in [1.165, 1.54) is 4.90 Å². The van der Waals surface area contributed by atoms with E-state index in [1.807, 2.05) is 19.1 Å². The van der Waals surface area contributed by atoms with Gasteiger partial charge in [0.05, 0.1) is 24.2 Å². The average molecular weight is 599 g/mol. The minimum Gasteiger partial charge on any atom is -0.351 e. The molecule has 0 aliphatic carbocycles. The lowest BCUT2D eigenvalue weighted by molar-refractivity contribution is -0.138. The van der Waals surface area contributed by atoms with Crippen molar-refractivity contribution in [2.75, 3.05) is 35.3 Å². The first-order chi connectivity index (χ1) is 20.5. The number of carbonyl (C=O) groups is 3. The second-order valence-electron chi connectivity index (χ2n) is 9.92. The lowest BCUT2D eigenvalue weighted by Gasteiger charge is -2.30. The van der Waals surface area contributed by atoms with Gasteiger partial charge in [0, 0.05) is 30.2 Å². The van der Waals surface area contributed by atoms with E-state index in [0.717, 1.165) is 29.8 Å². The van der Waals surface area contributed by atoms with Crippen LogP contribution in [0.1, 0.15) is 37.0 Å². The first-order valence-electron chi connectivity index (χ1n) is 13.7. The summed E-state index contributed by atoms with van der Waals surface area (Å²) in [6, 6.07) is 16.9. The normalized spacial score (nSPS) is 16.3. The number of amides is 4. The summed E-state index contributed by atoms with van der Waals surface area (Å²) >= 11 is 0. The average Bonchev–Trinajstić information content (AvgIpc) is 3.17. The first kappa shape index (κ1) is 31.5. The third kappa shape index (κ3) is 7.33. The molecule has 1 aliphatic rings. The number of nitrogens with one attached hydrogen (secondary N) is 3. The minimum atomic E-state index is -4.54. The van der Waals surface area contributed by atoms with Crippen molar-refractivity contribution < 1.29 is 37.0 Å². The van der Waals surface area contributed by atoms with E-state index >= 15 is 0 Å². The number of hydrogen-bond donors (Lipinski definition) is 3. The molecule has 0 saturated carbocycles. The van der Waals surface area contributed by atoms with Crippen LogP contribution in [0.3, 0.4) is 0 Å². The summed E-state index contributed by atoms with van der Waals surface area (Å²) in [6.45, 7) is 6.12. The maximum Gasteiger partial charge on any atom is 0.416 e. The van der Waals surface area contributed by atoms with Gasteiger partial charge >= 0.3 is 12.2 Å². The number of urea groups is 1. The van der Waals surface area contributed by atoms with E-state index in [-0.39, 0.29) is 12.2 Å². The van der Waals surface area contributed by atoms with Gasteiger partial charge in [-0.25, -0.2) is 4.79 Å². The number of ether oxygens (including phenoxy) is 2. The monoisotopic (exact) mass is 598 g/mol. The molecule has 0 saturated heterocycles. The van der Waals surface area contributed by atoms with Crippen LogP contribution in [0.15, 0.2) is 72.8 Å². The first-order valence-corrected chi connectivity index (χ1v) is 13.7. The van der Waals surface area contributed by atoms with Gasteiger partial charge in [0.15, 0.2) is 11.8 Å². The molecule has 4 amide bonds. The zero-order valence-electron chi connectivity index (χ0n) is 24.0. The van der Waals surface area contributed by atoms with Crippen molar-refractivity contribution in [3.63, 3.8) is 0 Å². The Hall–Kier alpha value is -4.42. The number of benzene rings is 3. The van der Waals surface area contributed by atoms with Crippen molar-refractivity contribution in [3.8, 4) is 0 Å². The highest BCUT2D eigenvalue weighted by atomic mass is 19.4. The number of hydrogen-bond acceptors (Lipinski definition) is 5. The van der Waals surface area contributed by atoms with Crippen molar-refractivity contribution in [2.45, 2.75) is 45.2 Å². The molecule has 1 unspecified atom stereocenters. The van der Waals surface area contributed by atoms with Crippen molar-refractivity contribution in [3.05, 3.63) is 89.5 Å². The molecule has 3 aromatic rings. The Bertz CT molecular complexity index is 1440. The van der Waals surface area contributed by atoms with Crippen LogP contribution in [-0.2, 0) is 30.8 Å². The number of aryl methyl sites for hydroxylation is 1. The summed E-state index contributed by atoms with van der Waals surface area (Å²) in [5, 5.41) is 8.00. The van der Waals surface area contributed by atoms with Gasteiger partial charge in [-0.05, 0) is 63.2 Å². The molecule has 0 spiro atoms. The van der Waals surface area contributed by atoms with E-state index < -0.39 is 47.8 Å². The van der Waals surface area contributed by atoms with Crippen LogP contribution < -0.4 is 20.9 Å². The van der Waals surface area contributed by atoms with Crippen LogP contribution in [0.5, 0.6) is 0 Å². The standard InChI is InChI=1S/C31H33F3N4O5/c1-4-42-27(43-5-2)19-38-25-9-7-6-8-24(25)30(28(38)40,37-29(41)36-23-14-10-20(3)11-15-23)18-26(39)35-22-16-12-21(13-17-22)31(32,33)34/h6-17,27H,4-5,18-19H2,1-3H3,(H,35,39)(H2,36,37,41). The topological polar surface area (TPSA) is 109 Å². The molecule has 3 N–H and O–H groups in total. The number of rotatable bonds is 11. The molecule has 1 aliphatic heterocycles. The molecular weight excluding hydrogens is 565 g/mol. The fourth-order valence-corrected chi connectivity index (χ4v) is 4.90. The number of fused-ring (bicyclic) bond motifs is 1. The third-order valence-corrected chi connectivity index (χ3v) is 6.86. The highest BCUT2D eigenvalue weighted by Crippen LogP contribution is 2.43. The smallest absolute Gasteiger partial charge is 0.351 e. The molecule has 0 fully saturated rings. The molecule has 0 aromatic heterocycles. The van der Waals surface area contributed by atoms with Crippen molar-refractivity contribution in [1.29, 1.82) is 0 Å². The van der Waals surface area contributed by atoms with E-state index in [9.17, 15) is 27.6 Å². The van der Waals surface area contributed by atoms with Crippen LogP contribution >= 0.6 is 0 Å². The summed E-state index contributed by atoms with van der Waals surface area (Å²) in [5.74, 6) is -1.30. The number of carbonyl (C=O) groups excluding carboxylic acids is 3. The molecule has 43 heavy (non-hydrogen) atoms. The Kier molecular flexibility index (Phi) is 9.72. The Morgan fingerprint density at radius 2 is 1.47 bits per heavy atom. The summed E-state index contributed by atoms with van der Waals surface area (Å²) in [5.41, 5.74) is -0.356. The number of anilines is 3. The molecule has 0 radical (unpaired) electrons. The van der Waals surface area contributed by atoms with Gasteiger partial charge in [0.2, 0.25) is 5.91 Å². The van der Waals surface area contributed by atoms with Gasteiger partial charge in [0.25, 0.3) is 5.91 Å². The van der Waals surface area contributed by atoms with E-state index in [0.29, 0.717) is 30.2 Å². The van der Waals surface area contributed by atoms with E-state index in [2.05, 4.69) is 16.0 Å². The number of para-hydroxylation sites is 1. The van der Waals surface area contributed by atoms with Gasteiger partial charge in [-0.2, -0.15) is 13.2 Å². The highest BCUT2D eigenvalue weighted by Gasteiger charge is 2.53. The zero-order valence-corrected chi connectivity index (χ0v) is 24.0. The Morgan fingerprint density at radius 1 is 0.884 bits per heavy atom. The maximum absolute atomic E-state index is 14.3. The highest BCUT2D eigenvalue weighted by molar-refractivity contribution is 6.12. The molecule has 4 rings (SSSR count). The summed E-state index contributed by atoms with van der Waals surface area (Å²) in [6.07, 6.45) is -5.86. The zero-order chi connectivity index (χ0) is 31.2. The lowest BCUT2D eigenvalue weighted by atomic mass is 9.87. The molecule has 9 nitrogen and oxygen atoms in total. The van der Waals surface area contributed by atoms with E-state index in [1.54, 1.807) is 50.2 Å². The van der Waals surface area contributed by atoms with Crippen LogP contribution in [0.4, 0.5) is 35.0 Å². The molecule has 1 atom stereocenters. The van der Waals surface area contributed by atoms with Crippen molar-refractivity contribution in [1.82, 2.24) is 5.32 Å². The number of halogens is 3. The van der Waals surface area contributed by atoms with Crippen LogP contribution in [0.2, 0.25) is 0 Å². The molecule has 228 valence electrons. The molecule has 0 bridgehead atoms. The van der Waals surface area contributed by atoms with Gasteiger partial charge in [0.1, 0.15) is 0 Å². The molecular formula is C31H33F3N4O5. The fourth-order valence-electron chi connectivity index (χ4n) is 4.90. The fraction of sp³-hybridized carbons (Fsp3) is 0.323. The van der Waals surface area contributed by atoms with Crippen LogP contribution in [0, 0.1) is 6.92 Å². The Balaban J connectivity index is 1.67. The second kappa shape index (κ2) is 13.3. The second-order valence-corrected chi connectivity index (χ2v) is 9.92. The molecule has 12 heteroatoms. The largest absolute Gasteiger partial charge is 0.416 e. The van der Waals surface area contributed by atoms with Gasteiger partial charge in [-0.3, -0.25) is 9.59 Å². The summed E-state index contributed by atoms with van der Waals surface area (Å²) < 4.78 is 50.4. The van der Waals surface area contributed by atoms with Crippen LogP contribution in [-0.4, -0.2) is 43.9 Å².